The third-order valence-electron chi connectivity index (χ3n) is 4.10. The molecular weight excluding hydrogens is 198 g/mol. The Bertz CT molecular complexity index is 242. The van der Waals surface area contributed by atoms with E-state index in [9.17, 15) is 0 Å². The van der Waals surface area contributed by atoms with Crippen molar-refractivity contribution in [1.82, 2.24) is 10.2 Å². The minimum absolute atomic E-state index is 0.329. The molecule has 1 heterocycles. The molecule has 0 spiro atoms. The predicted molar refractivity (Wildman–Crippen MR) is 65.0 cm³/mol. The highest BCUT2D eigenvalue weighted by Gasteiger charge is 2.24. The molecule has 0 unspecified atom stereocenters. The Labute approximate surface area is 98.8 Å². The minimum Gasteiger partial charge on any atom is -0.311 e. The lowest BCUT2D eigenvalue weighted by atomic mass is 9.86. The van der Waals surface area contributed by atoms with E-state index in [2.05, 4.69) is 23.3 Å². The van der Waals surface area contributed by atoms with Crippen molar-refractivity contribution < 1.29 is 0 Å². The second-order valence-electron chi connectivity index (χ2n) is 5.42. The molecule has 0 atom stereocenters. The van der Waals surface area contributed by atoms with E-state index in [1.54, 1.807) is 0 Å². The lowest BCUT2D eigenvalue weighted by molar-refractivity contribution is 0.209. The number of rotatable bonds is 2. The van der Waals surface area contributed by atoms with Crippen molar-refractivity contribution in [2.45, 2.75) is 50.6 Å². The molecule has 0 radical (unpaired) electrons. The quantitative estimate of drug-likeness (QED) is 0.772. The average Bonchev–Trinajstić information content (AvgIpc) is 2.33. The van der Waals surface area contributed by atoms with Crippen LogP contribution in [0.4, 0.5) is 0 Å². The number of nitrogens with zero attached hydrogens (tertiary/aromatic N) is 2. The van der Waals surface area contributed by atoms with Crippen molar-refractivity contribution in [2.75, 3.05) is 20.1 Å². The molecule has 1 N–H and O–H groups in total. The Balaban J connectivity index is 1.69. The predicted octanol–water partition coefficient (Wildman–Crippen LogP) is 1.75. The Morgan fingerprint density at radius 3 is 2.12 bits per heavy atom. The first-order valence-electron chi connectivity index (χ1n) is 6.62. The first-order chi connectivity index (χ1) is 7.78. The van der Waals surface area contributed by atoms with Gasteiger partial charge in [-0.25, -0.2) is 0 Å². The summed E-state index contributed by atoms with van der Waals surface area (Å²) in [5.74, 6) is 0.329. The van der Waals surface area contributed by atoms with Gasteiger partial charge < -0.3 is 10.2 Å². The number of piperidine rings is 1. The normalized spacial score (nSPS) is 33.5. The maximum absolute atomic E-state index is 8.85. The van der Waals surface area contributed by atoms with Gasteiger partial charge in [0.25, 0.3) is 0 Å². The Morgan fingerprint density at radius 2 is 1.56 bits per heavy atom. The first-order valence-corrected chi connectivity index (χ1v) is 6.62. The highest BCUT2D eigenvalue weighted by Crippen LogP contribution is 2.24. The maximum Gasteiger partial charge on any atom is 0.0655 e. The zero-order valence-corrected chi connectivity index (χ0v) is 10.3. The monoisotopic (exact) mass is 221 g/mol. The summed E-state index contributed by atoms with van der Waals surface area (Å²) in [4.78, 5) is 2.41. The van der Waals surface area contributed by atoms with Gasteiger partial charge in [-0.1, -0.05) is 0 Å². The summed E-state index contributed by atoms with van der Waals surface area (Å²) in [6, 6.07) is 3.80. The summed E-state index contributed by atoms with van der Waals surface area (Å²) < 4.78 is 0. The van der Waals surface area contributed by atoms with Gasteiger partial charge in [0.15, 0.2) is 0 Å². The molecule has 2 fully saturated rings. The molecule has 0 bridgehead atoms. The summed E-state index contributed by atoms with van der Waals surface area (Å²) in [5, 5.41) is 12.6. The molecule has 90 valence electrons. The third kappa shape index (κ3) is 3.20. The molecule has 3 nitrogen and oxygen atoms in total. The molecule has 16 heavy (non-hydrogen) atoms. The van der Waals surface area contributed by atoms with Gasteiger partial charge in [-0.2, -0.15) is 5.26 Å². The van der Waals surface area contributed by atoms with Crippen molar-refractivity contribution in [3.05, 3.63) is 0 Å². The molecule has 0 aromatic rings. The van der Waals surface area contributed by atoms with Crippen molar-refractivity contribution in [2.24, 2.45) is 5.92 Å². The zero-order valence-electron chi connectivity index (χ0n) is 10.3. The summed E-state index contributed by atoms with van der Waals surface area (Å²) >= 11 is 0. The molecule has 1 saturated carbocycles. The summed E-state index contributed by atoms with van der Waals surface area (Å²) in [6.45, 7) is 2.45. The van der Waals surface area contributed by atoms with Gasteiger partial charge in [-0.05, 0) is 58.7 Å². The molecule has 0 aromatic carbocycles. The summed E-state index contributed by atoms with van der Waals surface area (Å²) in [6.07, 6.45) is 7.17. The number of hydrogen-bond donors (Lipinski definition) is 1. The van der Waals surface area contributed by atoms with Crippen LogP contribution in [0.2, 0.25) is 0 Å². The SMILES string of the molecule is CN1CCC(NC2CCC(C#N)CC2)CC1. The Hall–Kier alpha value is -0.590. The van der Waals surface area contributed by atoms with Crippen LogP contribution in [0.5, 0.6) is 0 Å². The van der Waals surface area contributed by atoms with E-state index in [4.69, 9.17) is 5.26 Å². The van der Waals surface area contributed by atoms with Crippen LogP contribution in [0.15, 0.2) is 0 Å². The van der Waals surface area contributed by atoms with Crippen molar-refractivity contribution in [3.8, 4) is 6.07 Å². The topological polar surface area (TPSA) is 39.1 Å². The van der Waals surface area contributed by atoms with Crippen LogP contribution in [0.3, 0.4) is 0 Å². The highest BCUT2D eigenvalue weighted by molar-refractivity contribution is 4.90. The number of likely N-dealkylation sites (tertiary alicyclic amines) is 1. The van der Waals surface area contributed by atoms with Gasteiger partial charge in [0.1, 0.15) is 0 Å². The molecular formula is C13H23N3. The molecule has 0 amide bonds. The molecule has 1 aliphatic heterocycles. The highest BCUT2D eigenvalue weighted by atomic mass is 15.1. The maximum atomic E-state index is 8.85. The second kappa shape index (κ2) is 5.65. The van der Waals surface area contributed by atoms with Crippen molar-refractivity contribution in [1.29, 1.82) is 5.26 Å². The van der Waals surface area contributed by atoms with Crippen LogP contribution in [0, 0.1) is 17.2 Å². The van der Waals surface area contributed by atoms with Crippen molar-refractivity contribution >= 4 is 0 Å². The van der Waals surface area contributed by atoms with Gasteiger partial charge in [0, 0.05) is 18.0 Å². The van der Waals surface area contributed by atoms with Crippen LogP contribution in [-0.2, 0) is 0 Å². The van der Waals surface area contributed by atoms with Gasteiger partial charge in [-0.15, -0.1) is 0 Å². The van der Waals surface area contributed by atoms with Gasteiger partial charge in [0.05, 0.1) is 6.07 Å². The fourth-order valence-corrected chi connectivity index (χ4v) is 2.90. The number of nitrogens with one attached hydrogen (secondary N) is 1. The smallest absolute Gasteiger partial charge is 0.0655 e. The summed E-state index contributed by atoms with van der Waals surface area (Å²) in [5.41, 5.74) is 0. The fraction of sp³-hybridized carbons (Fsp3) is 0.923. The van der Waals surface area contributed by atoms with Crippen LogP contribution >= 0.6 is 0 Å². The van der Waals surface area contributed by atoms with E-state index < -0.39 is 0 Å². The summed E-state index contributed by atoms with van der Waals surface area (Å²) in [7, 11) is 2.20. The van der Waals surface area contributed by atoms with Crippen LogP contribution in [-0.4, -0.2) is 37.1 Å². The van der Waals surface area contributed by atoms with E-state index in [0.29, 0.717) is 12.0 Å². The van der Waals surface area contributed by atoms with E-state index >= 15 is 0 Å². The van der Waals surface area contributed by atoms with Crippen LogP contribution < -0.4 is 5.32 Å². The number of nitriles is 1. The number of hydrogen-bond acceptors (Lipinski definition) is 3. The largest absolute Gasteiger partial charge is 0.311 e. The van der Waals surface area contributed by atoms with E-state index in [1.807, 2.05) is 0 Å². The molecule has 1 saturated heterocycles. The molecule has 0 aromatic heterocycles. The molecule has 1 aliphatic carbocycles. The lowest BCUT2D eigenvalue weighted by Crippen LogP contribution is -2.46. The Morgan fingerprint density at radius 1 is 1.00 bits per heavy atom. The van der Waals surface area contributed by atoms with E-state index in [1.165, 1.54) is 38.8 Å². The fourth-order valence-electron chi connectivity index (χ4n) is 2.90. The molecule has 2 aliphatic rings. The molecule has 3 heteroatoms. The van der Waals surface area contributed by atoms with Gasteiger partial charge in [0.2, 0.25) is 0 Å². The average molecular weight is 221 g/mol. The first kappa shape index (κ1) is 11.9. The lowest BCUT2D eigenvalue weighted by Gasteiger charge is -2.34. The van der Waals surface area contributed by atoms with Crippen LogP contribution in [0.1, 0.15) is 38.5 Å². The Kier molecular flexibility index (Phi) is 4.20. The van der Waals surface area contributed by atoms with Crippen LogP contribution in [0.25, 0.3) is 0 Å². The third-order valence-corrected chi connectivity index (χ3v) is 4.10. The van der Waals surface area contributed by atoms with Gasteiger partial charge >= 0.3 is 0 Å². The molecule has 2 rings (SSSR count). The minimum atomic E-state index is 0.329. The van der Waals surface area contributed by atoms with Gasteiger partial charge in [-0.3, -0.25) is 0 Å². The van der Waals surface area contributed by atoms with E-state index in [0.717, 1.165) is 18.9 Å². The van der Waals surface area contributed by atoms with Crippen molar-refractivity contribution in [3.63, 3.8) is 0 Å². The second-order valence-corrected chi connectivity index (χ2v) is 5.42. The zero-order chi connectivity index (χ0) is 11.4. The van der Waals surface area contributed by atoms with E-state index in [-0.39, 0.29) is 0 Å². The standard InChI is InChI=1S/C13H23N3/c1-16-8-6-13(7-9-16)15-12-4-2-11(10-14)3-5-12/h11-13,15H,2-9H2,1H3.